The fourth-order valence-corrected chi connectivity index (χ4v) is 3.37. The third kappa shape index (κ3) is 3.95. The third-order valence-electron chi connectivity index (χ3n) is 5.24. The minimum Gasteiger partial charge on any atom is -0.493 e. The van der Waals surface area contributed by atoms with Gasteiger partial charge in [-0.1, -0.05) is 6.07 Å². The zero-order valence-corrected chi connectivity index (χ0v) is 14.0. The first-order valence-corrected chi connectivity index (χ1v) is 8.86. The van der Waals surface area contributed by atoms with Crippen LogP contribution in [-0.2, 0) is 0 Å². The van der Waals surface area contributed by atoms with Crippen molar-refractivity contribution in [3.8, 4) is 5.75 Å². The first-order valence-electron chi connectivity index (χ1n) is 8.86. The van der Waals surface area contributed by atoms with Crippen LogP contribution in [-0.4, -0.2) is 19.2 Å². The van der Waals surface area contributed by atoms with Gasteiger partial charge in [0.15, 0.2) is 0 Å². The highest BCUT2D eigenvalue weighted by atomic mass is 16.5. The van der Waals surface area contributed by atoms with Gasteiger partial charge in [-0.05, 0) is 75.8 Å². The molecule has 3 heteroatoms. The van der Waals surface area contributed by atoms with Gasteiger partial charge in [0.1, 0.15) is 5.75 Å². The SMILES string of the molecule is Cc1ccc(NC[C@H]2CC[C@H](N)CC2)c(C)c1OCC1CC1. The average Bonchev–Trinajstić information content (AvgIpc) is 3.32. The molecule has 2 aliphatic rings. The molecule has 22 heavy (non-hydrogen) atoms. The smallest absolute Gasteiger partial charge is 0.127 e. The number of benzene rings is 1. The minimum atomic E-state index is 0.430. The molecular weight excluding hydrogens is 272 g/mol. The third-order valence-corrected chi connectivity index (χ3v) is 5.24. The Kier molecular flexibility index (Phi) is 4.92. The highest BCUT2D eigenvalue weighted by Crippen LogP contribution is 2.34. The number of aryl methyl sites for hydroxylation is 1. The Morgan fingerprint density at radius 3 is 2.41 bits per heavy atom. The van der Waals surface area contributed by atoms with Crippen LogP contribution in [0.2, 0.25) is 0 Å². The van der Waals surface area contributed by atoms with E-state index in [0.717, 1.165) is 30.7 Å². The van der Waals surface area contributed by atoms with Gasteiger partial charge in [0, 0.05) is 23.8 Å². The Morgan fingerprint density at radius 1 is 1.05 bits per heavy atom. The maximum absolute atomic E-state index is 6.08. The number of hydrogen-bond donors (Lipinski definition) is 2. The summed E-state index contributed by atoms with van der Waals surface area (Å²) >= 11 is 0. The molecule has 0 unspecified atom stereocenters. The van der Waals surface area contributed by atoms with Crippen LogP contribution in [0.25, 0.3) is 0 Å². The Bertz CT molecular complexity index is 502. The molecule has 0 aromatic heterocycles. The van der Waals surface area contributed by atoms with E-state index >= 15 is 0 Å². The van der Waals surface area contributed by atoms with Crippen molar-refractivity contribution in [3.63, 3.8) is 0 Å². The van der Waals surface area contributed by atoms with Gasteiger partial charge in [-0.2, -0.15) is 0 Å². The molecule has 0 spiro atoms. The predicted octanol–water partition coefficient (Wildman–Crippen LogP) is 4.02. The van der Waals surface area contributed by atoms with Gasteiger partial charge in [-0.15, -0.1) is 0 Å². The lowest BCUT2D eigenvalue weighted by molar-refractivity contribution is 0.296. The molecule has 2 saturated carbocycles. The highest BCUT2D eigenvalue weighted by molar-refractivity contribution is 5.59. The molecule has 3 N–H and O–H groups in total. The molecule has 1 aromatic rings. The lowest BCUT2D eigenvalue weighted by Gasteiger charge is -2.27. The Balaban J connectivity index is 1.59. The number of anilines is 1. The van der Waals surface area contributed by atoms with Crippen molar-refractivity contribution in [2.24, 2.45) is 17.6 Å². The molecule has 122 valence electrons. The molecule has 0 heterocycles. The summed E-state index contributed by atoms with van der Waals surface area (Å²) in [5, 5.41) is 3.65. The van der Waals surface area contributed by atoms with Crippen molar-refractivity contribution in [1.29, 1.82) is 0 Å². The van der Waals surface area contributed by atoms with Crippen molar-refractivity contribution in [1.82, 2.24) is 0 Å². The lowest BCUT2D eigenvalue weighted by Crippen LogP contribution is -2.29. The molecule has 0 radical (unpaired) electrons. The molecule has 0 aliphatic heterocycles. The normalized spacial score (nSPS) is 25.0. The molecule has 3 nitrogen and oxygen atoms in total. The summed E-state index contributed by atoms with van der Waals surface area (Å²) in [6, 6.07) is 4.80. The van der Waals surface area contributed by atoms with Gasteiger partial charge in [0.05, 0.1) is 6.61 Å². The standard InChI is InChI=1S/C19H30N2O/c1-13-3-10-18(14(2)19(13)22-12-16-4-5-16)21-11-15-6-8-17(20)9-7-15/h3,10,15-17,21H,4-9,11-12,20H2,1-2H3/t15-,17-. The molecule has 0 saturated heterocycles. The quantitative estimate of drug-likeness (QED) is 0.834. The summed E-state index contributed by atoms with van der Waals surface area (Å²) in [4.78, 5) is 0. The van der Waals surface area contributed by atoms with E-state index in [1.807, 2.05) is 0 Å². The van der Waals surface area contributed by atoms with E-state index in [-0.39, 0.29) is 0 Å². The Hall–Kier alpha value is -1.22. The molecule has 1 aromatic carbocycles. The van der Waals surface area contributed by atoms with Crippen LogP contribution in [0.5, 0.6) is 5.75 Å². The maximum Gasteiger partial charge on any atom is 0.127 e. The number of rotatable bonds is 6. The van der Waals surface area contributed by atoms with Crippen molar-refractivity contribution < 1.29 is 4.74 Å². The van der Waals surface area contributed by atoms with Crippen LogP contribution in [0.1, 0.15) is 49.7 Å². The average molecular weight is 302 g/mol. The number of ether oxygens (including phenoxy) is 1. The lowest BCUT2D eigenvalue weighted by atomic mass is 9.86. The van der Waals surface area contributed by atoms with E-state index in [1.54, 1.807) is 0 Å². The number of nitrogens with two attached hydrogens (primary N) is 1. The summed E-state index contributed by atoms with van der Waals surface area (Å²) < 4.78 is 6.08. The fourth-order valence-electron chi connectivity index (χ4n) is 3.37. The van der Waals surface area contributed by atoms with Crippen molar-refractivity contribution in [2.75, 3.05) is 18.5 Å². The number of hydrogen-bond acceptors (Lipinski definition) is 3. The van der Waals surface area contributed by atoms with E-state index in [1.165, 1.54) is 55.3 Å². The van der Waals surface area contributed by atoms with Crippen LogP contribution in [0, 0.1) is 25.7 Å². The van der Waals surface area contributed by atoms with Crippen LogP contribution in [0.3, 0.4) is 0 Å². The predicted molar refractivity (Wildman–Crippen MR) is 92.6 cm³/mol. The van der Waals surface area contributed by atoms with Gasteiger partial charge in [0.2, 0.25) is 0 Å². The van der Waals surface area contributed by atoms with Gasteiger partial charge < -0.3 is 15.8 Å². The molecular formula is C19H30N2O. The molecule has 2 aliphatic carbocycles. The second kappa shape index (κ2) is 6.91. The molecule has 2 fully saturated rings. The largest absolute Gasteiger partial charge is 0.493 e. The minimum absolute atomic E-state index is 0.430. The maximum atomic E-state index is 6.08. The van der Waals surface area contributed by atoms with Crippen LogP contribution in [0.15, 0.2) is 12.1 Å². The molecule has 3 rings (SSSR count). The molecule has 0 bridgehead atoms. The summed E-state index contributed by atoms with van der Waals surface area (Å²) in [7, 11) is 0. The van der Waals surface area contributed by atoms with Crippen LogP contribution >= 0.6 is 0 Å². The monoisotopic (exact) mass is 302 g/mol. The summed E-state index contributed by atoms with van der Waals surface area (Å²) in [6.07, 6.45) is 7.53. The summed E-state index contributed by atoms with van der Waals surface area (Å²) in [5.74, 6) is 2.64. The second-order valence-corrected chi connectivity index (χ2v) is 7.30. The Labute approximate surface area is 134 Å². The number of nitrogens with one attached hydrogen (secondary N) is 1. The van der Waals surface area contributed by atoms with Crippen molar-refractivity contribution >= 4 is 5.69 Å². The van der Waals surface area contributed by atoms with Crippen LogP contribution < -0.4 is 15.8 Å². The summed E-state index contributed by atoms with van der Waals surface area (Å²) in [6.45, 7) is 6.25. The zero-order valence-electron chi connectivity index (χ0n) is 14.0. The summed E-state index contributed by atoms with van der Waals surface area (Å²) in [5.41, 5.74) is 9.72. The molecule has 0 atom stereocenters. The molecule has 0 amide bonds. The van der Waals surface area contributed by atoms with Gasteiger partial charge in [-0.25, -0.2) is 0 Å². The van der Waals surface area contributed by atoms with Crippen LogP contribution in [0.4, 0.5) is 5.69 Å². The van der Waals surface area contributed by atoms with Crippen molar-refractivity contribution in [3.05, 3.63) is 23.3 Å². The van der Waals surface area contributed by atoms with E-state index in [2.05, 4.69) is 31.3 Å². The fraction of sp³-hybridized carbons (Fsp3) is 0.684. The van der Waals surface area contributed by atoms with Gasteiger partial charge in [-0.3, -0.25) is 0 Å². The zero-order chi connectivity index (χ0) is 15.5. The topological polar surface area (TPSA) is 47.3 Å². The van der Waals surface area contributed by atoms with E-state index < -0.39 is 0 Å². The first kappa shape index (κ1) is 15.7. The van der Waals surface area contributed by atoms with E-state index in [0.29, 0.717) is 6.04 Å². The van der Waals surface area contributed by atoms with Gasteiger partial charge in [0.25, 0.3) is 0 Å². The van der Waals surface area contributed by atoms with Gasteiger partial charge >= 0.3 is 0 Å². The highest BCUT2D eigenvalue weighted by Gasteiger charge is 2.23. The first-order chi connectivity index (χ1) is 10.6. The Morgan fingerprint density at radius 2 is 1.73 bits per heavy atom. The second-order valence-electron chi connectivity index (χ2n) is 7.30. The van der Waals surface area contributed by atoms with E-state index in [9.17, 15) is 0 Å². The van der Waals surface area contributed by atoms with E-state index in [4.69, 9.17) is 10.5 Å². The van der Waals surface area contributed by atoms with Crippen molar-refractivity contribution in [2.45, 2.75) is 58.4 Å².